The van der Waals surface area contributed by atoms with Crippen molar-refractivity contribution in [2.75, 3.05) is 0 Å². The zero-order valence-electron chi connectivity index (χ0n) is 13.4. The minimum absolute atomic E-state index is 0.110. The van der Waals surface area contributed by atoms with Gasteiger partial charge in [0.1, 0.15) is 16.0 Å². The summed E-state index contributed by atoms with van der Waals surface area (Å²) < 4.78 is 16.9. The highest BCUT2D eigenvalue weighted by atomic mass is 32.1. The maximum absolute atomic E-state index is 15.0. The molecule has 1 N–H and O–H groups in total. The molecule has 0 bridgehead atoms. The maximum atomic E-state index is 15.0. The summed E-state index contributed by atoms with van der Waals surface area (Å²) in [6, 6.07) is 5.65. The second kappa shape index (κ2) is 5.67. The van der Waals surface area contributed by atoms with Crippen molar-refractivity contribution in [1.82, 2.24) is 9.55 Å². The first-order valence-corrected chi connectivity index (χ1v) is 8.78. The first-order chi connectivity index (χ1) is 12.0. The Balaban J connectivity index is 1.99. The Morgan fingerprint density at radius 3 is 3.00 bits per heavy atom. The average Bonchev–Trinajstić information content (AvgIpc) is 3.20. The summed E-state index contributed by atoms with van der Waals surface area (Å²) in [6.45, 7) is 2.04. The smallest absolute Gasteiger partial charge is 0.347 e. The lowest BCUT2D eigenvalue weighted by Gasteiger charge is -2.23. The molecule has 0 fully saturated rings. The number of hydrogen-bond donors (Lipinski definition) is 1. The highest BCUT2D eigenvalue weighted by molar-refractivity contribution is 7.16. The summed E-state index contributed by atoms with van der Waals surface area (Å²) in [5.74, 6) is -1.33. The molecule has 2 aromatic heterocycles. The fourth-order valence-electron chi connectivity index (χ4n) is 3.58. The Morgan fingerprint density at radius 1 is 1.52 bits per heavy atom. The molecule has 0 saturated carbocycles. The fraction of sp³-hybridized carbons (Fsp3) is 0.278. The number of nitriles is 1. The van der Waals surface area contributed by atoms with Crippen LogP contribution in [0.4, 0.5) is 4.39 Å². The lowest BCUT2D eigenvalue weighted by atomic mass is 10.0. The number of carboxylic acids is 1. The Labute approximate surface area is 147 Å². The number of aromatic carboxylic acids is 1. The summed E-state index contributed by atoms with van der Waals surface area (Å²) in [6.07, 6.45) is 3.82. The monoisotopic (exact) mass is 355 g/mol. The molecule has 0 radical (unpaired) electrons. The number of halogens is 1. The van der Waals surface area contributed by atoms with E-state index in [0.29, 0.717) is 39.2 Å². The van der Waals surface area contributed by atoms with E-state index in [4.69, 9.17) is 5.11 Å². The molecular weight excluding hydrogens is 341 g/mol. The van der Waals surface area contributed by atoms with Gasteiger partial charge in [0.05, 0.1) is 23.0 Å². The van der Waals surface area contributed by atoms with Crippen molar-refractivity contribution in [3.63, 3.8) is 0 Å². The van der Waals surface area contributed by atoms with Crippen molar-refractivity contribution in [2.24, 2.45) is 0 Å². The van der Waals surface area contributed by atoms with Crippen LogP contribution >= 0.6 is 11.3 Å². The molecule has 0 unspecified atom stereocenters. The second-order valence-corrected chi connectivity index (χ2v) is 7.27. The number of thiazole rings is 1. The number of nitrogens with zero attached hydrogens (tertiary/aromatic N) is 3. The Bertz CT molecular complexity index is 1060. The van der Waals surface area contributed by atoms with E-state index in [9.17, 15) is 14.4 Å². The molecule has 1 atom stereocenters. The van der Waals surface area contributed by atoms with E-state index in [0.717, 1.165) is 24.2 Å². The minimum atomic E-state index is -1.05. The van der Waals surface area contributed by atoms with Gasteiger partial charge in [-0.2, -0.15) is 5.26 Å². The molecule has 25 heavy (non-hydrogen) atoms. The van der Waals surface area contributed by atoms with Crippen LogP contribution in [0, 0.1) is 17.1 Å². The van der Waals surface area contributed by atoms with Gasteiger partial charge in [0, 0.05) is 17.0 Å². The number of fused-ring (bicyclic) bond motifs is 3. The highest BCUT2D eigenvalue weighted by Crippen LogP contribution is 2.39. The fourth-order valence-corrected chi connectivity index (χ4v) is 4.33. The van der Waals surface area contributed by atoms with Gasteiger partial charge in [0.25, 0.3) is 0 Å². The van der Waals surface area contributed by atoms with Gasteiger partial charge in [-0.25, -0.2) is 14.2 Å². The molecule has 3 heterocycles. The van der Waals surface area contributed by atoms with E-state index in [-0.39, 0.29) is 16.7 Å². The van der Waals surface area contributed by atoms with Crippen LogP contribution in [0.15, 0.2) is 18.3 Å². The van der Waals surface area contributed by atoms with Crippen molar-refractivity contribution < 1.29 is 14.3 Å². The Hall–Kier alpha value is -2.72. The normalized spacial score (nSPS) is 16.6. The predicted molar refractivity (Wildman–Crippen MR) is 92.3 cm³/mol. The van der Waals surface area contributed by atoms with Gasteiger partial charge < -0.3 is 9.67 Å². The molecule has 126 valence electrons. The molecule has 1 aromatic carbocycles. The minimum Gasteiger partial charge on any atom is -0.477 e. The SMILES string of the molecule is C[C@H]1CCCc2c(F)c3cc(-c4ncc(C(=O)O)s4)cc(C#N)c3n21. The van der Waals surface area contributed by atoms with E-state index < -0.39 is 5.97 Å². The van der Waals surface area contributed by atoms with Crippen molar-refractivity contribution in [3.05, 3.63) is 40.3 Å². The second-order valence-electron chi connectivity index (χ2n) is 6.24. The summed E-state index contributed by atoms with van der Waals surface area (Å²) in [5.41, 5.74) is 2.23. The van der Waals surface area contributed by atoms with Crippen molar-refractivity contribution in [1.29, 1.82) is 5.26 Å². The lowest BCUT2D eigenvalue weighted by Crippen LogP contribution is -2.15. The van der Waals surface area contributed by atoms with E-state index in [1.165, 1.54) is 6.20 Å². The Kier molecular flexibility index (Phi) is 3.58. The van der Waals surface area contributed by atoms with Crippen molar-refractivity contribution in [3.8, 4) is 16.6 Å². The average molecular weight is 355 g/mol. The summed E-state index contributed by atoms with van der Waals surface area (Å²) in [4.78, 5) is 15.3. The van der Waals surface area contributed by atoms with Crippen LogP contribution in [0.5, 0.6) is 0 Å². The highest BCUT2D eigenvalue weighted by Gasteiger charge is 2.26. The molecular formula is C18H14FN3O2S. The van der Waals surface area contributed by atoms with Gasteiger partial charge in [0.15, 0.2) is 5.82 Å². The summed E-state index contributed by atoms with van der Waals surface area (Å²) >= 11 is 1.01. The number of hydrogen-bond acceptors (Lipinski definition) is 4. The van der Waals surface area contributed by atoms with Gasteiger partial charge in [-0.05, 0) is 38.3 Å². The molecule has 0 aliphatic carbocycles. The first-order valence-electron chi connectivity index (χ1n) is 7.97. The molecule has 3 aromatic rings. The molecule has 1 aliphatic rings. The standard InChI is InChI=1S/C18H14FN3O2S/c1-9-3-2-4-13-15(19)12-6-10(5-11(7-20)16(12)22(9)13)17-21-8-14(25-17)18(23)24/h5-6,8-9H,2-4H2,1H3,(H,23,24)/t9-/m0/s1. The van der Waals surface area contributed by atoms with Crippen LogP contribution in [0.1, 0.15) is 46.7 Å². The number of aromatic nitrogens is 2. The van der Waals surface area contributed by atoms with Gasteiger partial charge in [0.2, 0.25) is 0 Å². The quantitative estimate of drug-likeness (QED) is 0.740. The van der Waals surface area contributed by atoms with Gasteiger partial charge >= 0.3 is 5.97 Å². The predicted octanol–water partition coefficient (Wildman–Crippen LogP) is 4.37. The molecule has 0 spiro atoms. The third-order valence-electron chi connectivity index (χ3n) is 4.69. The first kappa shape index (κ1) is 15.8. The van der Waals surface area contributed by atoms with Gasteiger partial charge in [-0.15, -0.1) is 11.3 Å². The number of benzene rings is 1. The van der Waals surface area contributed by atoms with Crippen LogP contribution in [-0.4, -0.2) is 20.6 Å². The van der Waals surface area contributed by atoms with Crippen LogP contribution in [-0.2, 0) is 6.42 Å². The molecule has 1 aliphatic heterocycles. The van der Waals surface area contributed by atoms with E-state index in [1.807, 2.05) is 11.5 Å². The van der Waals surface area contributed by atoms with Crippen LogP contribution in [0.3, 0.4) is 0 Å². The van der Waals surface area contributed by atoms with Crippen molar-refractivity contribution >= 4 is 28.2 Å². The molecule has 4 rings (SSSR count). The molecule has 0 saturated heterocycles. The molecule has 7 heteroatoms. The number of rotatable bonds is 2. The summed E-state index contributed by atoms with van der Waals surface area (Å²) in [5, 5.41) is 19.5. The van der Waals surface area contributed by atoms with E-state index in [2.05, 4.69) is 11.1 Å². The number of carboxylic acid groups (broad SMARTS) is 1. The summed E-state index contributed by atoms with van der Waals surface area (Å²) in [7, 11) is 0. The maximum Gasteiger partial charge on any atom is 0.347 e. The van der Waals surface area contributed by atoms with Crippen molar-refractivity contribution in [2.45, 2.75) is 32.2 Å². The van der Waals surface area contributed by atoms with Crippen LogP contribution in [0.25, 0.3) is 21.5 Å². The Morgan fingerprint density at radius 2 is 2.32 bits per heavy atom. The van der Waals surface area contributed by atoms with Gasteiger partial charge in [-0.1, -0.05) is 0 Å². The van der Waals surface area contributed by atoms with Crippen LogP contribution in [0.2, 0.25) is 0 Å². The van der Waals surface area contributed by atoms with Gasteiger partial charge in [-0.3, -0.25) is 0 Å². The zero-order valence-corrected chi connectivity index (χ0v) is 14.2. The van der Waals surface area contributed by atoms with Crippen LogP contribution < -0.4 is 0 Å². The third-order valence-corrected chi connectivity index (χ3v) is 5.73. The topological polar surface area (TPSA) is 78.9 Å². The largest absolute Gasteiger partial charge is 0.477 e. The number of carbonyl (C=O) groups is 1. The van der Waals surface area contributed by atoms with E-state index >= 15 is 0 Å². The lowest BCUT2D eigenvalue weighted by molar-refractivity contribution is 0.0702. The third kappa shape index (κ3) is 2.33. The zero-order chi connectivity index (χ0) is 17.7. The van der Waals surface area contributed by atoms with E-state index in [1.54, 1.807) is 12.1 Å². The molecule has 5 nitrogen and oxygen atoms in total. The molecule has 0 amide bonds.